The summed E-state index contributed by atoms with van der Waals surface area (Å²) in [5.41, 5.74) is 7.76. The third-order valence-electron chi connectivity index (χ3n) is 10.4. The zero-order valence-corrected chi connectivity index (χ0v) is 27.4. The van der Waals surface area contributed by atoms with Crippen LogP contribution in [0.1, 0.15) is 0 Å². The molecule has 0 saturated heterocycles. The van der Waals surface area contributed by atoms with Gasteiger partial charge in [0.25, 0.3) is 0 Å². The van der Waals surface area contributed by atoms with Crippen molar-refractivity contribution < 1.29 is 4.57 Å². The van der Waals surface area contributed by atoms with Crippen LogP contribution in [0.15, 0.2) is 140 Å². The second-order valence-electron chi connectivity index (χ2n) is 13.2. The average Bonchev–Trinajstić information content (AvgIpc) is 3.21. The molecule has 0 bridgehead atoms. The van der Waals surface area contributed by atoms with Gasteiger partial charge in [-0.25, -0.2) is 19.9 Å². The molecule has 0 unspecified atom stereocenters. The molecule has 8 nitrogen and oxygen atoms in total. The standard InChI is InChI=1S/C44H23N8/c1-3-11-26-24(9-1)17-19-28-35(26)41-38(30-13-7-21-45-37(28)30)50-43-44(51-41)49-34(23-46-43)52-22-8-14-31-39-40(48-33-16-6-5-15-32(33)47-39)36-27-12-4-2-10-25(27)18-20-29(36)42(31)52/h1-23H/q+1. The number of pyridine rings is 2. The van der Waals surface area contributed by atoms with Gasteiger partial charge in [0.2, 0.25) is 5.65 Å². The Morgan fingerprint density at radius 3 is 1.81 bits per heavy atom. The minimum Gasteiger partial charge on any atom is -0.256 e. The maximum absolute atomic E-state index is 5.26. The van der Waals surface area contributed by atoms with Gasteiger partial charge in [-0.05, 0) is 69.0 Å². The number of aromatic nitrogens is 8. The van der Waals surface area contributed by atoms with E-state index in [0.717, 1.165) is 98.0 Å². The predicted octanol–water partition coefficient (Wildman–Crippen LogP) is 9.26. The first-order valence-corrected chi connectivity index (χ1v) is 17.2. The van der Waals surface area contributed by atoms with Crippen LogP contribution in [-0.4, -0.2) is 34.9 Å². The Labute approximate surface area is 293 Å². The molecule has 0 radical (unpaired) electrons. The fourth-order valence-electron chi connectivity index (χ4n) is 8.10. The van der Waals surface area contributed by atoms with Crippen LogP contribution in [0, 0.1) is 0 Å². The van der Waals surface area contributed by atoms with Crippen molar-refractivity contribution in [2.75, 3.05) is 0 Å². The maximum Gasteiger partial charge on any atom is 0.349 e. The third kappa shape index (κ3) is 3.69. The molecule has 8 heteroatoms. The highest BCUT2D eigenvalue weighted by molar-refractivity contribution is 6.30. The number of para-hydroxylation sites is 2. The fraction of sp³-hybridized carbons (Fsp3) is 0. The van der Waals surface area contributed by atoms with Gasteiger partial charge in [0.05, 0.1) is 33.6 Å². The van der Waals surface area contributed by atoms with Crippen LogP contribution in [0.5, 0.6) is 0 Å². The second-order valence-corrected chi connectivity index (χ2v) is 13.2. The van der Waals surface area contributed by atoms with Gasteiger partial charge < -0.3 is 0 Å². The van der Waals surface area contributed by atoms with Gasteiger partial charge in [-0.15, -0.1) is 0 Å². The molecule has 0 amide bonds. The van der Waals surface area contributed by atoms with Crippen LogP contribution >= 0.6 is 0 Å². The first kappa shape index (κ1) is 27.5. The smallest absolute Gasteiger partial charge is 0.256 e. The van der Waals surface area contributed by atoms with Crippen molar-refractivity contribution in [2.24, 2.45) is 0 Å². The van der Waals surface area contributed by atoms with Crippen LogP contribution in [0.25, 0.3) is 115 Å². The average molecular weight is 664 g/mol. The quantitative estimate of drug-likeness (QED) is 0.0982. The molecule has 0 saturated carbocycles. The van der Waals surface area contributed by atoms with Crippen LogP contribution in [0.4, 0.5) is 0 Å². The number of hydrogen-bond acceptors (Lipinski definition) is 7. The van der Waals surface area contributed by atoms with Crippen LogP contribution in [0.2, 0.25) is 0 Å². The molecule has 0 N–H and O–H groups in total. The summed E-state index contributed by atoms with van der Waals surface area (Å²) in [4.78, 5) is 35.7. The Balaban J connectivity index is 1.21. The van der Waals surface area contributed by atoms with Crippen LogP contribution in [-0.2, 0) is 0 Å². The SMILES string of the molecule is c1ccc2c(c1)ccc1c3ncccc3c3nc4ncc(-[n+]5cccc6c7nc8ccccc8nc7c7c8ccccc8ccc7c65)nc4nc3c21. The van der Waals surface area contributed by atoms with Crippen LogP contribution < -0.4 is 4.57 Å². The second kappa shape index (κ2) is 10.1. The number of nitrogens with zero attached hydrogens (tertiary/aromatic N) is 8. The molecule has 0 atom stereocenters. The summed E-state index contributed by atoms with van der Waals surface area (Å²) in [6.07, 6.45) is 5.64. The van der Waals surface area contributed by atoms with E-state index in [4.69, 9.17) is 34.9 Å². The molecule has 238 valence electrons. The Morgan fingerprint density at radius 2 is 1.00 bits per heavy atom. The normalized spacial score (nSPS) is 12.2. The van der Waals surface area contributed by atoms with Gasteiger partial charge in [0, 0.05) is 33.1 Å². The molecule has 12 aromatic rings. The maximum atomic E-state index is 5.26. The van der Waals surface area contributed by atoms with E-state index in [9.17, 15) is 0 Å². The van der Waals surface area contributed by atoms with Gasteiger partial charge >= 0.3 is 11.5 Å². The largest absolute Gasteiger partial charge is 0.349 e. The first-order valence-electron chi connectivity index (χ1n) is 17.2. The lowest BCUT2D eigenvalue weighted by molar-refractivity contribution is -0.570. The lowest BCUT2D eigenvalue weighted by atomic mass is 9.97. The summed E-state index contributed by atoms with van der Waals surface area (Å²) < 4.78 is 2.10. The van der Waals surface area contributed by atoms with Crippen molar-refractivity contribution in [1.82, 2.24) is 34.9 Å². The van der Waals surface area contributed by atoms with Crippen molar-refractivity contribution >= 4 is 109 Å². The van der Waals surface area contributed by atoms with Gasteiger partial charge in [-0.1, -0.05) is 78.9 Å². The molecule has 5 heterocycles. The van der Waals surface area contributed by atoms with Gasteiger partial charge in [-0.3, -0.25) is 4.98 Å². The van der Waals surface area contributed by atoms with Crippen LogP contribution in [0.3, 0.4) is 0 Å². The number of hydrogen-bond donors (Lipinski definition) is 0. The fourth-order valence-corrected chi connectivity index (χ4v) is 8.10. The van der Waals surface area contributed by atoms with E-state index < -0.39 is 0 Å². The summed E-state index contributed by atoms with van der Waals surface area (Å²) in [6, 6.07) is 41.7. The Morgan fingerprint density at radius 1 is 0.385 bits per heavy atom. The van der Waals surface area contributed by atoms with E-state index in [0.29, 0.717) is 17.1 Å². The molecule has 0 aliphatic rings. The molecule has 0 fully saturated rings. The zero-order chi connectivity index (χ0) is 33.9. The summed E-state index contributed by atoms with van der Waals surface area (Å²) in [6.45, 7) is 0. The summed E-state index contributed by atoms with van der Waals surface area (Å²) in [5.74, 6) is 0.630. The van der Waals surface area contributed by atoms with Crippen molar-refractivity contribution in [3.05, 3.63) is 140 Å². The third-order valence-corrected chi connectivity index (χ3v) is 10.4. The minimum atomic E-state index is 0.466. The van der Waals surface area contributed by atoms with E-state index in [-0.39, 0.29) is 0 Å². The summed E-state index contributed by atoms with van der Waals surface area (Å²) in [7, 11) is 0. The lowest BCUT2D eigenvalue weighted by Gasteiger charge is -2.13. The van der Waals surface area contributed by atoms with Crippen molar-refractivity contribution in [2.45, 2.75) is 0 Å². The van der Waals surface area contributed by atoms with Crippen molar-refractivity contribution in [3.8, 4) is 5.82 Å². The highest BCUT2D eigenvalue weighted by atomic mass is 15.1. The van der Waals surface area contributed by atoms with E-state index in [1.807, 2.05) is 48.8 Å². The zero-order valence-electron chi connectivity index (χ0n) is 27.4. The monoisotopic (exact) mass is 663 g/mol. The molecule has 5 aromatic heterocycles. The first-order chi connectivity index (χ1) is 25.8. The molecule has 0 aliphatic carbocycles. The molecule has 52 heavy (non-hydrogen) atoms. The summed E-state index contributed by atoms with van der Waals surface area (Å²) in [5, 5.41) is 10.5. The number of rotatable bonds is 1. The van der Waals surface area contributed by atoms with E-state index in [2.05, 4.69) is 89.5 Å². The Kier molecular flexibility index (Phi) is 5.35. The minimum absolute atomic E-state index is 0.466. The molecule has 7 aromatic carbocycles. The number of benzene rings is 7. The van der Waals surface area contributed by atoms with E-state index >= 15 is 0 Å². The van der Waals surface area contributed by atoms with Gasteiger partial charge in [0.1, 0.15) is 28.3 Å². The topological polar surface area (TPSA) is 94.1 Å². The number of fused-ring (bicyclic) bond motifs is 18. The highest BCUT2D eigenvalue weighted by Gasteiger charge is 2.24. The van der Waals surface area contributed by atoms with Crippen molar-refractivity contribution in [3.63, 3.8) is 0 Å². The Hall–Kier alpha value is -7.32. The lowest BCUT2D eigenvalue weighted by Crippen LogP contribution is -2.33. The molecule has 0 aliphatic heterocycles. The summed E-state index contributed by atoms with van der Waals surface area (Å²) >= 11 is 0. The van der Waals surface area contributed by atoms with Gasteiger partial charge in [-0.2, -0.15) is 9.55 Å². The molecular weight excluding hydrogens is 641 g/mol. The molecule has 0 spiro atoms. The molecule has 12 rings (SSSR count). The molecular formula is C44H23N8+. The van der Waals surface area contributed by atoms with E-state index in [1.54, 1.807) is 6.20 Å². The predicted molar refractivity (Wildman–Crippen MR) is 208 cm³/mol. The highest BCUT2D eigenvalue weighted by Crippen LogP contribution is 2.39. The van der Waals surface area contributed by atoms with E-state index in [1.165, 1.54) is 0 Å². The van der Waals surface area contributed by atoms with Gasteiger partial charge in [0.15, 0.2) is 0 Å². The Bertz CT molecular complexity index is 3530. The van der Waals surface area contributed by atoms with Crippen molar-refractivity contribution in [1.29, 1.82) is 0 Å².